The smallest absolute Gasteiger partial charge is 0.256 e. The zero-order chi connectivity index (χ0) is 18.5. The molecule has 1 saturated heterocycles. The van der Waals surface area contributed by atoms with Crippen LogP contribution < -0.4 is 5.32 Å². The highest BCUT2D eigenvalue weighted by Crippen LogP contribution is 2.20. The number of carbonyl (C=O) groups is 2. The summed E-state index contributed by atoms with van der Waals surface area (Å²) in [6.45, 7) is 5.03. The highest BCUT2D eigenvalue weighted by molar-refractivity contribution is 6.04. The largest absolute Gasteiger partial charge is 0.372 e. The third-order valence-electron chi connectivity index (χ3n) is 4.35. The van der Waals surface area contributed by atoms with Crippen LogP contribution in [0.1, 0.15) is 29.8 Å². The van der Waals surface area contributed by atoms with Gasteiger partial charge in [0.05, 0.1) is 29.9 Å². The summed E-state index contributed by atoms with van der Waals surface area (Å²) in [6, 6.07) is 16.7. The van der Waals surface area contributed by atoms with Crippen molar-refractivity contribution in [1.29, 1.82) is 0 Å². The first-order valence-electron chi connectivity index (χ1n) is 8.90. The van der Waals surface area contributed by atoms with Crippen LogP contribution in [-0.4, -0.2) is 42.0 Å². The summed E-state index contributed by atoms with van der Waals surface area (Å²) in [5, 5.41) is 2.88. The van der Waals surface area contributed by atoms with E-state index in [0.717, 1.165) is 5.56 Å². The SMILES string of the molecule is C[C@@H]1CN(C(=O)c2ccccc2NC(=O)Cc2ccccc2)C[C@H](C)O1. The van der Waals surface area contributed by atoms with E-state index in [1.807, 2.05) is 56.3 Å². The van der Waals surface area contributed by atoms with Crippen LogP contribution in [0.3, 0.4) is 0 Å². The van der Waals surface area contributed by atoms with Gasteiger partial charge in [-0.2, -0.15) is 0 Å². The number of amides is 2. The third-order valence-corrected chi connectivity index (χ3v) is 4.35. The summed E-state index contributed by atoms with van der Waals surface area (Å²) in [4.78, 5) is 27.1. The molecule has 136 valence electrons. The average molecular weight is 352 g/mol. The maximum atomic E-state index is 13.0. The Balaban J connectivity index is 1.73. The highest BCUT2D eigenvalue weighted by Gasteiger charge is 2.27. The molecule has 5 heteroatoms. The van der Waals surface area contributed by atoms with Crippen LogP contribution >= 0.6 is 0 Å². The molecular formula is C21H24N2O3. The van der Waals surface area contributed by atoms with Gasteiger partial charge in [-0.25, -0.2) is 0 Å². The number of anilines is 1. The Bertz CT molecular complexity index is 766. The summed E-state index contributed by atoms with van der Waals surface area (Å²) in [5.74, 6) is -0.220. The van der Waals surface area contributed by atoms with Crippen molar-refractivity contribution >= 4 is 17.5 Å². The van der Waals surface area contributed by atoms with Gasteiger partial charge in [0.25, 0.3) is 5.91 Å². The molecule has 1 aliphatic heterocycles. The number of para-hydroxylation sites is 1. The lowest BCUT2D eigenvalue weighted by Gasteiger charge is -2.35. The number of hydrogen-bond acceptors (Lipinski definition) is 3. The second-order valence-corrected chi connectivity index (χ2v) is 6.72. The van der Waals surface area contributed by atoms with Gasteiger partial charge >= 0.3 is 0 Å². The zero-order valence-corrected chi connectivity index (χ0v) is 15.1. The van der Waals surface area contributed by atoms with Gasteiger partial charge in [0, 0.05) is 13.1 Å². The maximum Gasteiger partial charge on any atom is 0.256 e. The molecule has 26 heavy (non-hydrogen) atoms. The molecular weight excluding hydrogens is 328 g/mol. The molecule has 2 aromatic rings. The van der Waals surface area contributed by atoms with E-state index in [4.69, 9.17) is 4.74 Å². The molecule has 1 aliphatic rings. The summed E-state index contributed by atoms with van der Waals surface area (Å²) in [7, 11) is 0. The standard InChI is InChI=1S/C21H24N2O3/c1-15-13-23(14-16(2)26-15)21(25)18-10-6-7-11-19(18)22-20(24)12-17-8-4-3-5-9-17/h3-11,15-16H,12-14H2,1-2H3,(H,22,24)/t15-,16+. The van der Waals surface area contributed by atoms with Crippen molar-refractivity contribution in [3.8, 4) is 0 Å². The first-order valence-corrected chi connectivity index (χ1v) is 8.90. The van der Waals surface area contributed by atoms with Gasteiger partial charge in [0.15, 0.2) is 0 Å². The van der Waals surface area contributed by atoms with Gasteiger partial charge in [-0.05, 0) is 31.5 Å². The number of rotatable bonds is 4. The summed E-state index contributed by atoms with van der Waals surface area (Å²) >= 11 is 0. The van der Waals surface area contributed by atoms with Crippen LogP contribution in [-0.2, 0) is 16.0 Å². The molecule has 0 aliphatic carbocycles. The first kappa shape index (κ1) is 18.1. The Kier molecular flexibility index (Phi) is 5.68. The monoisotopic (exact) mass is 352 g/mol. The predicted molar refractivity (Wildman–Crippen MR) is 101 cm³/mol. The van der Waals surface area contributed by atoms with Gasteiger partial charge in [-0.3, -0.25) is 9.59 Å². The molecule has 2 atom stereocenters. The third kappa shape index (κ3) is 4.49. The van der Waals surface area contributed by atoms with Gasteiger partial charge in [0.1, 0.15) is 0 Å². The van der Waals surface area contributed by atoms with Gasteiger partial charge < -0.3 is 15.0 Å². The molecule has 1 fully saturated rings. The Morgan fingerprint density at radius 3 is 2.31 bits per heavy atom. The molecule has 0 radical (unpaired) electrons. The number of nitrogens with one attached hydrogen (secondary N) is 1. The number of hydrogen-bond donors (Lipinski definition) is 1. The number of nitrogens with zero attached hydrogens (tertiary/aromatic N) is 1. The first-order chi connectivity index (χ1) is 12.5. The summed E-state index contributed by atoms with van der Waals surface area (Å²) in [5.41, 5.74) is 1.99. The fraction of sp³-hybridized carbons (Fsp3) is 0.333. The second kappa shape index (κ2) is 8.15. The van der Waals surface area contributed by atoms with Crippen molar-refractivity contribution in [1.82, 2.24) is 4.90 Å². The zero-order valence-electron chi connectivity index (χ0n) is 15.1. The van der Waals surface area contributed by atoms with E-state index in [9.17, 15) is 9.59 Å². The van der Waals surface area contributed by atoms with Gasteiger partial charge in [-0.1, -0.05) is 42.5 Å². The fourth-order valence-corrected chi connectivity index (χ4v) is 3.27. The molecule has 1 heterocycles. The Morgan fingerprint density at radius 2 is 1.62 bits per heavy atom. The van der Waals surface area contributed by atoms with E-state index < -0.39 is 0 Å². The van der Waals surface area contributed by atoms with Crippen LogP contribution in [0.2, 0.25) is 0 Å². The van der Waals surface area contributed by atoms with Crippen molar-refractivity contribution < 1.29 is 14.3 Å². The Labute approximate surface area is 154 Å². The normalized spacial score (nSPS) is 19.8. The number of morpholine rings is 1. The van der Waals surface area contributed by atoms with E-state index in [-0.39, 0.29) is 30.4 Å². The fourth-order valence-electron chi connectivity index (χ4n) is 3.27. The van der Waals surface area contributed by atoms with Crippen molar-refractivity contribution in [3.05, 3.63) is 65.7 Å². The minimum atomic E-state index is -0.139. The molecule has 2 aromatic carbocycles. The van der Waals surface area contributed by atoms with E-state index >= 15 is 0 Å². The van der Waals surface area contributed by atoms with E-state index in [1.54, 1.807) is 17.0 Å². The number of ether oxygens (including phenoxy) is 1. The molecule has 0 bridgehead atoms. The van der Waals surface area contributed by atoms with Gasteiger partial charge in [-0.15, -0.1) is 0 Å². The molecule has 1 N–H and O–H groups in total. The van der Waals surface area contributed by atoms with Crippen LogP contribution in [0.5, 0.6) is 0 Å². The van der Waals surface area contributed by atoms with Crippen LogP contribution in [0.25, 0.3) is 0 Å². The molecule has 5 nitrogen and oxygen atoms in total. The highest BCUT2D eigenvalue weighted by atomic mass is 16.5. The Hall–Kier alpha value is -2.66. The Morgan fingerprint density at radius 1 is 1.00 bits per heavy atom. The maximum absolute atomic E-state index is 13.0. The number of benzene rings is 2. The van der Waals surface area contributed by atoms with Crippen LogP contribution in [0.15, 0.2) is 54.6 Å². The van der Waals surface area contributed by atoms with E-state index in [1.165, 1.54) is 0 Å². The molecule has 2 amide bonds. The minimum Gasteiger partial charge on any atom is -0.372 e. The minimum absolute atomic E-state index is 0.00235. The van der Waals surface area contributed by atoms with Crippen LogP contribution in [0.4, 0.5) is 5.69 Å². The van der Waals surface area contributed by atoms with Crippen molar-refractivity contribution in [3.63, 3.8) is 0 Å². The van der Waals surface area contributed by atoms with Crippen molar-refractivity contribution in [2.75, 3.05) is 18.4 Å². The van der Waals surface area contributed by atoms with E-state index in [0.29, 0.717) is 24.3 Å². The average Bonchev–Trinajstić information content (AvgIpc) is 2.61. The van der Waals surface area contributed by atoms with E-state index in [2.05, 4.69) is 5.32 Å². The predicted octanol–water partition coefficient (Wildman–Crippen LogP) is 3.12. The summed E-state index contributed by atoms with van der Waals surface area (Å²) in [6.07, 6.45) is 0.277. The lowest BCUT2D eigenvalue weighted by atomic mass is 10.1. The van der Waals surface area contributed by atoms with Crippen molar-refractivity contribution in [2.45, 2.75) is 32.5 Å². The molecule has 3 rings (SSSR count). The van der Waals surface area contributed by atoms with Crippen molar-refractivity contribution in [2.24, 2.45) is 0 Å². The molecule has 0 saturated carbocycles. The lowest BCUT2D eigenvalue weighted by molar-refractivity contribution is -0.115. The molecule has 0 aromatic heterocycles. The molecule has 0 spiro atoms. The van der Waals surface area contributed by atoms with Gasteiger partial charge in [0.2, 0.25) is 5.91 Å². The topological polar surface area (TPSA) is 58.6 Å². The molecule has 0 unspecified atom stereocenters. The number of carbonyl (C=O) groups excluding carboxylic acids is 2. The summed E-state index contributed by atoms with van der Waals surface area (Å²) < 4.78 is 5.70. The quantitative estimate of drug-likeness (QED) is 0.920. The van der Waals surface area contributed by atoms with Crippen LogP contribution in [0, 0.1) is 0 Å². The second-order valence-electron chi connectivity index (χ2n) is 6.72. The lowest BCUT2D eigenvalue weighted by Crippen LogP contribution is -2.48.